The van der Waals surface area contributed by atoms with Gasteiger partial charge in [-0.3, -0.25) is 14.4 Å². The summed E-state index contributed by atoms with van der Waals surface area (Å²) in [5.74, 6) is -0.986. The van der Waals surface area contributed by atoms with E-state index in [9.17, 15) is 14.4 Å². The minimum atomic E-state index is -0.818. The highest BCUT2D eigenvalue weighted by atomic mass is 16.6. The lowest BCUT2D eigenvalue weighted by Gasteiger charge is -2.18. The molecule has 0 N–H and O–H groups in total. The zero-order chi connectivity index (χ0) is 59.2. The lowest BCUT2D eigenvalue weighted by atomic mass is 10.1. The number of ether oxygens (including phenoxy) is 3. The topological polar surface area (TPSA) is 78.9 Å². The fraction of sp³-hybridized carbons (Fsp3) is 0.566. The fourth-order valence-corrected chi connectivity index (χ4v) is 8.28. The second kappa shape index (κ2) is 68.0. The highest BCUT2D eigenvalue weighted by molar-refractivity contribution is 5.71. The smallest absolute Gasteiger partial charge is 0.306 e. The molecule has 0 aromatic rings. The van der Waals surface area contributed by atoms with Gasteiger partial charge in [0.1, 0.15) is 13.2 Å². The number of carbonyl (C=O) groups excluding carboxylic acids is 3. The Labute approximate surface area is 504 Å². The van der Waals surface area contributed by atoms with Crippen molar-refractivity contribution in [1.82, 2.24) is 0 Å². The number of rotatable bonds is 57. The van der Waals surface area contributed by atoms with Gasteiger partial charge in [-0.15, -0.1) is 0 Å². The van der Waals surface area contributed by atoms with E-state index in [-0.39, 0.29) is 37.5 Å². The monoisotopic (exact) mass is 1130 g/mol. The maximum Gasteiger partial charge on any atom is 0.306 e. The van der Waals surface area contributed by atoms with E-state index in [4.69, 9.17) is 14.2 Å². The van der Waals surface area contributed by atoms with Crippen molar-refractivity contribution in [2.45, 2.75) is 264 Å². The quantitative estimate of drug-likeness (QED) is 0.0261. The summed E-state index contributed by atoms with van der Waals surface area (Å²) in [5, 5.41) is 0. The number of allylic oxidation sites excluding steroid dienone is 30. The summed E-state index contributed by atoms with van der Waals surface area (Å²) >= 11 is 0. The summed E-state index contributed by atoms with van der Waals surface area (Å²) in [7, 11) is 0. The van der Waals surface area contributed by atoms with Gasteiger partial charge in [-0.2, -0.15) is 0 Å². The van der Waals surface area contributed by atoms with E-state index in [0.29, 0.717) is 19.3 Å². The highest BCUT2D eigenvalue weighted by Gasteiger charge is 2.19. The second-order valence-corrected chi connectivity index (χ2v) is 20.9. The molecule has 6 nitrogen and oxygen atoms in total. The molecule has 0 saturated heterocycles. The molecule has 0 aliphatic rings. The van der Waals surface area contributed by atoms with Gasteiger partial charge in [0.05, 0.1) is 0 Å². The third kappa shape index (κ3) is 65.3. The molecule has 1 atom stereocenters. The molecule has 6 heteroatoms. The predicted octanol–water partition coefficient (Wildman–Crippen LogP) is 22.8. The van der Waals surface area contributed by atoms with Crippen molar-refractivity contribution in [3.8, 4) is 0 Å². The molecular weight excluding hydrogens is 1010 g/mol. The Hall–Kier alpha value is -5.49. The van der Waals surface area contributed by atoms with Gasteiger partial charge in [0.2, 0.25) is 0 Å². The van der Waals surface area contributed by atoms with E-state index >= 15 is 0 Å². The number of carbonyl (C=O) groups is 3. The Morgan fingerprint density at radius 1 is 0.256 bits per heavy atom. The average Bonchev–Trinajstić information content (AvgIpc) is 3.47. The normalized spacial score (nSPS) is 13.4. The zero-order valence-corrected chi connectivity index (χ0v) is 52.4. The summed E-state index contributed by atoms with van der Waals surface area (Å²) in [5.41, 5.74) is 0. The largest absolute Gasteiger partial charge is 0.462 e. The molecule has 82 heavy (non-hydrogen) atoms. The van der Waals surface area contributed by atoms with Crippen molar-refractivity contribution in [3.63, 3.8) is 0 Å². The minimum Gasteiger partial charge on any atom is -0.462 e. The van der Waals surface area contributed by atoms with E-state index in [0.717, 1.165) is 167 Å². The van der Waals surface area contributed by atoms with Gasteiger partial charge in [-0.05, 0) is 161 Å². The molecule has 0 aromatic carbocycles. The van der Waals surface area contributed by atoms with Gasteiger partial charge >= 0.3 is 17.9 Å². The SMILES string of the molecule is CC/C=C\C/C=C\C/C=C\C/C=C\C/C=C\C/C=C\C/C=C\C/C=C\C/C=C\C/C=C\CCCCC(=O)OCC(COC(=O)CCCCCCC/C=C\CCCCC)OC(=O)CCCCCCCC/C=C\C/C=C\C/C=C\C/C=C\CC. The first-order chi connectivity index (χ1) is 40.5. The van der Waals surface area contributed by atoms with Gasteiger partial charge in [-0.25, -0.2) is 0 Å². The summed E-state index contributed by atoms with van der Waals surface area (Å²) in [6, 6.07) is 0. The number of unbranched alkanes of at least 4 members (excludes halogenated alkanes) is 16. The van der Waals surface area contributed by atoms with E-state index in [1.54, 1.807) is 0 Å². The van der Waals surface area contributed by atoms with Gasteiger partial charge in [0.25, 0.3) is 0 Å². The van der Waals surface area contributed by atoms with E-state index in [1.165, 1.54) is 44.9 Å². The predicted molar refractivity (Wildman–Crippen MR) is 357 cm³/mol. The Morgan fingerprint density at radius 2 is 0.476 bits per heavy atom. The third-order valence-electron chi connectivity index (χ3n) is 13.1. The van der Waals surface area contributed by atoms with E-state index < -0.39 is 6.10 Å². The van der Waals surface area contributed by atoms with Crippen LogP contribution in [0.25, 0.3) is 0 Å². The number of esters is 3. The van der Waals surface area contributed by atoms with Gasteiger partial charge < -0.3 is 14.2 Å². The molecule has 0 heterocycles. The van der Waals surface area contributed by atoms with Crippen molar-refractivity contribution < 1.29 is 28.6 Å². The van der Waals surface area contributed by atoms with Crippen LogP contribution >= 0.6 is 0 Å². The first-order valence-electron chi connectivity index (χ1n) is 32.8. The summed E-state index contributed by atoms with van der Waals surface area (Å²) < 4.78 is 16.8. The third-order valence-corrected chi connectivity index (χ3v) is 13.1. The first kappa shape index (κ1) is 76.5. The summed E-state index contributed by atoms with van der Waals surface area (Å²) in [6.07, 6.45) is 102. The van der Waals surface area contributed by atoms with Crippen LogP contribution in [0.15, 0.2) is 182 Å². The van der Waals surface area contributed by atoms with Crippen LogP contribution in [0.2, 0.25) is 0 Å². The lowest BCUT2D eigenvalue weighted by Crippen LogP contribution is -2.30. The van der Waals surface area contributed by atoms with E-state index in [2.05, 4.69) is 203 Å². The molecule has 0 rings (SSSR count). The second-order valence-electron chi connectivity index (χ2n) is 20.9. The van der Waals surface area contributed by atoms with Gasteiger partial charge in [0.15, 0.2) is 6.10 Å². The molecule has 0 bridgehead atoms. The molecule has 0 saturated carbocycles. The van der Waals surface area contributed by atoms with Crippen molar-refractivity contribution in [2.75, 3.05) is 13.2 Å². The van der Waals surface area contributed by atoms with Crippen LogP contribution in [-0.4, -0.2) is 37.2 Å². The van der Waals surface area contributed by atoms with Crippen LogP contribution in [0.4, 0.5) is 0 Å². The molecular formula is C76H118O6. The summed E-state index contributed by atoms with van der Waals surface area (Å²) in [6.45, 7) is 6.32. The van der Waals surface area contributed by atoms with Crippen LogP contribution in [0.1, 0.15) is 258 Å². The Morgan fingerprint density at radius 3 is 0.780 bits per heavy atom. The van der Waals surface area contributed by atoms with Crippen molar-refractivity contribution in [2.24, 2.45) is 0 Å². The number of hydrogen-bond donors (Lipinski definition) is 0. The Balaban J connectivity index is 4.43. The van der Waals surface area contributed by atoms with Crippen LogP contribution < -0.4 is 0 Å². The molecule has 0 radical (unpaired) electrons. The molecule has 1 unspecified atom stereocenters. The first-order valence-corrected chi connectivity index (χ1v) is 32.8. The molecule has 0 spiro atoms. The highest BCUT2D eigenvalue weighted by Crippen LogP contribution is 2.13. The average molecular weight is 1130 g/mol. The fourth-order valence-electron chi connectivity index (χ4n) is 8.28. The van der Waals surface area contributed by atoms with Crippen LogP contribution in [0.5, 0.6) is 0 Å². The maximum absolute atomic E-state index is 12.9. The van der Waals surface area contributed by atoms with Crippen molar-refractivity contribution in [3.05, 3.63) is 182 Å². The van der Waals surface area contributed by atoms with Gasteiger partial charge in [0, 0.05) is 19.3 Å². The van der Waals surface area contributed by atoms with Crippen LogP contribution in [-0.2, 0) is 28.6 Å². The lowest BCUT2D eigenvalue weighted by molar-refractivity contribution is -0.167. The van der Waals surface area contributed by atoms with Crippen LogP contribution in [0, 0.1) is 0 Å². The molecule has 0 fully saturated rings. The number of hydrogen-bond acceptors (Lipinski definition) is 6. The van der Waals surface area contributed by atoms with Gasteiger partial charge in [-0.1, -0.05) is 261 Å². The summed E-state index contributed by atoms with van der Waals surface area (Å²) in [4.78, 5) is 38.3. The van der Waals surface area contributed by atoms with Crippen molar-refractivity contribution >= 4 is 17.9 Å². The standard InChI is InChI=1S/C76H118O6/c1-4-7-10-13-16-19-22-25-27-29-31-32-33-34-35-36-37-38-39-40-41-42-43-44-46-47-49-51-54-57-60-63-66-69-75(78)81-72-73(71-80-74(77)68-65-62-59-56-53-24-21-18-15-12-9-6-3)82-76(79)70-67-64-61-58-55-52-50-48-45-30-28-26-23-20-17-14-11-8-5-2/h7-8,10-11,16-21,25-28,31-32,34-35,37-38,40-41,43-45,47-49,54,57,73H,4-6,9,12-15,22-24,29-30,33,36,39,42,46,50-53,55-56,58-72H2,1-3H3/b10-7-,11-8-,19-16-,20-17-,21-18-,27-25-,28-26-,32-31-,35-34-,38-37-,41-40-,44-43-,48-45-,49-47-,57-54-. The van der Waals surface area contributed by atoms with Crippen molar-refractivity contribution in [1.29, 1.82) is 0 Å². The minimum absolute atomic E-state index is 0.110. The molecule has 0 aliphatic heterocycles. The Bertz CT molecular complexity index is 1920. The van der Waals surface area contributed by atoms with E-state index in [1.807, 2.05) is 0 Å². The van der Waals surface area contributed by atoms with Crippen LogP contribution in [0.3, 0.4) is 0 Å². The molecule has 0 aromatic heterocycles. The zero-order valence-electron chi connectivity index (χ0n) is 52.4. The maximum atomic E-state index is 12.9. The molecule has 0 aliphatic carbocycles. The Kier molecular flexibility index (Phi) is 63.5. The molecule has 458 valence electrons. The molecule has 0 amide bonds.